The van der Waals surface area contributed by atoms with E-state index >= 15 is 0 Å². The van der Waals surface area contributed by atoms with Crippen LogP contribution in [0.1, 0.15) is 28.6 Å². The van der Waals surface area contributed by atoms with Crippen LogP contribution in [0.3, 0.4) is 0 Å². The predicted octanol–water partition coefficient (Wildman–Crippen LogP) is 4.50. The van der Waals surface area contributed by atoms with Crippen LogP contribution in [0.2, 0.25) is 0 Å². The molecule has 0 fully saturated rings. The summed E-state index contributed by atoms with van der Waals surface area (Å²) in [7, 11) is 0. The molecular weight excluding hydrogens is 356 g/mol. The van der Waals surface area contributed by atoms with Gasteiger partial charge in [0.1, 0.15) is 11.3 Å². The number of pyridine rings is 1. The van der Waals surface area contributed by atoms with E-state index in [2.05, 4.69) is 21.8 Å². The molecule has 0 radical (unpaired) electrons. The number of fused-ring (bicyclic) bond motifs is 1. The van der Waals surface area contributed by atoms with Crippen LogP contribution >= 0.6 is 11.3 Å². The third-order valence-electron chi connectivity index (χ3n) is 4.34. The first-order valence-electron chi connectivity index (χ1n) is 8.98. The van der Waals surface area contributed by atoms with Crippen molar-refractivity contribution in [1.82, 2.24) is 19.9 Å². The summed E-state index contributed by atoms with van der Waals surface area (Å²) in [4.78, 5) is 22.9. The van der Waals surface area contributed by atoms with Crippen molar-refractivity contribution < 1.29 is 4.79 Å². The summed E-state index contributed by atoms with van der Waals surface area (Å²) in [6, 6.07) is 15.5. The zero-order valence-corrected chi connectivity index (χ0v) is 15.9. The number of aryl methyl sites for hydroxylation is 1. The third kappa shape index (κ3) is 3.61. The van der Waals surface area contributed by atoms with Crippen molar-refractivity contribution >= 4 is 28.4 Å². The van der Waals surface area contributed by atoms with E-state index in [1.807, 2.05) is 53.9 Å². The number of carbonyl (C=O) groups excluding carboxylic acids is 1. The van der Waals surface area contributed by atoms with E-state index in [0.717, 1.165) is 40.4 Å². The second kappa shape index (κ2) is 7.72. The summed E-state index contributed by atoms with van der Waals surface area (Å²) in [5.74, 6) is 0.764. The summed E-state index contributed by atoms with van der Waals surface area (Å²) in [6.07, 6.45) is 2.77. The minimum absolute atomic E-state index is 0.0819. The average molecular weight is 376 g/mol. The zero-order valence-electron chi connectivity index (χ0n) is 15.1. The van der Waals surface area contributed by atoms with E-state index in [4.69, 9.17) is 4.98 Å². The Morgan fingerprint density at radius 2 is 2.11 bits per heavy atom. The molecule has 0 aliphatic rings. The van der Waals surface area contributed by atoms with Gasteiger partial charge in [-0.15, -0.1) is 11.3 Å². The van der Waals surface area contributed by atoms with Gasteiger partial charge in [-0.25, -0.2) is 9.97 Å². The molecule has 5 nitrogen and oxygen atoms in total. The lowest BCUT2D eigenvalue weighted by atomic mass is 10.1. The Balaban J connectivity index is 1.65. The Morgan fingerprint density at radius 1 is 1.19 bits per heavy atom. The maximum absolute atomic E-state index is 12.6. The molecule has 1 amide bonds. The molecule has 136 valence electrons. The van der Waals surface area contributed by atoms with Gasteiger partial charge < -0.3 is 9.88 Å². The number of hydrogen-bond donors (Lipinski definition) is 1. The van der Waals surface area contributed by atoms with Crippen LogP contribution < -0.4 is 5.32 Å². The van der Waals surface area contributed by atoms with Crippen LogP contribution in [-0.2, 0) is 13.1 Å². The highest BCUT2D eigenvalue weighted by atomic mass is 32.1. The number of aromatic nitrogens is 3. The molecule has 1 aromatic carbocycles. The Kier molecular flexibility index (Phi) is 4.98. The van der Waals surface area contributed by atoms with Gasteiger partial charge in [0.25, 0.3) is 5.91 Å². The fourth-order valence-electron chi connectivity index (χ4n) is 3.10. The van der Waals surface area contributed by atoms with Gasteiger partial charge in [-0.3, -0.25) is 4.79 Å². The summed E-state index contributed by atoms with van der Waals surface area (Å²) < 4.78 is 2.12. The molecule has 3 aromatic heterocycles. The predicted molar refractivity (Wildman–Crippen MR) is 109 cm³/mol. The summed E-state index contributed by atoms with van der Waals surface area (Å²) >= 11 is 1.63. The van der Waals surface area contributed by atoms with Crippen molar-refractivity contribution in [3.05, 3.63) is 70.5 Å². The minimum atomic E-state index is -0.0819. The summed E-state index contributed by atoms with van der Waals surface area (Å²) in [5, 5.41) is 4.99. The number of imidazole rings is 1. The van der Waals surface area contributed by atoms with Crippen LogP contribution in [0.4, 0.5) is 0 Å². The molecule has 0 saturated carbocycles. The second-order valence-corrected chi connectivity index (χ2v) is 7.31. The maximum atomic E-state index is 12.6. The molecule has 0 saturated heterocycles. The number of benzene rings is 1. The third-order valence-corrected chi connectivity index (χ3v) is 5.21. The first kappa shape index (κ1) is 17.4. The molecule has 1 N–H and O–H groups in total. The van der Waals surface area contributed by atoms with Gasteiger partial charge in [0.05, 0.1) is 6.54 Å². The molecule has 27 heavy (non-hydrogen) atoms. The Morgan fingerprint density at radius 3 is 2.93 bits per heavy atom. The Hall–Kier alpha value is -2.99. The molecule has 0 aliphatic heterocycles. The highest BCUT2D eigenvalue weighted by molar-refractivity contribution is 7.09. The Labute approximate surface area is 161 Å². The number of rotatable bonds is 6. The molecule has 0 aliphatic carbocycles. The highest BCUT2D eigenvalue weighted by Gasteiger charge is 2.14. The van der Waals surface area contributed by atoms with E-state index in [1.54, 1.807) is 17.5 Å². The summed E-state index contributed by atoms with van der Waals surface area (Å²) in [6.45, 7) is 3.50. The van der Waals surface area contributed by atoms with Crippen LogP contribution in [0, 0.1) is 0 Å². The van der Waals surface area contributed by atoms with Crippen LogP contribution in [0.15, 0.2) is 60.1 Å². The van der Waals surface area contributed by atoms with E-state index < -0.39 is 0 Å². The largest absolute Gasteiger partial charge is 0.347 e. The van der Waals surface area contributed by atoms with Crippen molar-refractivity contribution in [3.8, 4) is 11.4 Å². The molecule has 0 bridgehead atoms. The monoisotopic (exact) mass is 376 g/mol. The van der Waals surface area contributed by atoms with Gasteiger partial charge >= 0.3 is 0 Å². The number of amides is 1. The van der Waals surface area contributed by atoms with Gasteiger partial charge in [0, 0.05) is 28.7 Å². The van der Waals surface area contributed by atoms with E-state index in [9.17, 15) is 4.79 Å². The van der Waals surface area contributed by atoms with Gasteiger partial charge in [-0.1, -0.05) is 25.1 Å². The van der Waals surface area contributed by atoms with Crippen molar-refractivity contribution in [2.45, 2.75) is 26.4 Å². The fourth-order valence-corrected chi connectivity index (χ4v) is 3.74. The van der Waals surface area contributed by atoms with Gasteiger partial charge in [0.15, 0.2) is 5.65 Å². The lowest BCUT2D eigenvalue weighted by Crippen LogP contribution is -2.22. The number of nitrogens with zero attached hydrogens (tertiary/aromatic N) is 3. The first-order valence-corrected chi connectivity index (χ1v) is 9.86. The van der Waals surface area contributed by atoms with Crippen molar-refractivity contribution in [3.63, 3.8) is 0 Å². The lowest BCUT2D eigenvalue weighted by Gasteiger charge is -2.09. The van der Waals surface area contributed by atoms with E-state index in [-0.39, 0.29) is 5.91 Å². The van der Waals surface area contributed by atoms with E-state index in [1.165, 1.54) is 0 Å². The average Bonchev–Trinajstić information content (AvgIpc) is 3.35. The molecular formula is C21H20N4OS. The van der Waals surface area contributed by atoms with E-state index in [0.29, 0.717) is 12.1 Å². The molecule has 4 aromatic rings. The Bertz CT molecular complexity index is 1070. The van der Waals surface area contributed by atoms with Gasteiger partial charge in [0.2, 0.25) is 0 Å². The van der Waals surface area contributed by atoms with Crippen molar-refractivity contribution in [2.75, 3.05) is 0 Å². The van der Waals surface area contributed by atoms with Crippen LogP contribution in [-0.4, -0.2) is 20.4 Å². The van der Waals surface area contributed by atoms with Crippen molar-refractivity contribution in [1.29, 1.82) is 0 Å². The first-order chi connectivity index (χ1) is 13.3. The molecule has 0 spiro atoms. The smallest absolute Gasteiger partial charge is 0.251 e. The topological polar surface area (TPSA) is 59.8 Å². The molecule has 0 unspecified atom stereocenters. The normalized spacial score (nSPS) is 11.0. The number of thiophene rings is 1. The number of hydrogen-bond acceptors (Lipinski definition) is 4. The standard InChI is InChI=1S/C21H20N4OS/c1-2-11-25-19(24-18-9-4-10-22-20(18)25)15-6-3-7-16(13-15)21(26)23-14-17-8-5-12-27-17/h3-10,12-13H,2,11,14H2,1H3,(H,23,26). The molecule has 3 heterocycles. The van der Waals surface area contributed by atoms with Gasteiger partial charge in [-0.2, -0.15) is 0 Å². The lowest BCUT2D eigenvalue weighted by molar-refractivity contribution is 0.0951. The zero-order chi connectivity index (χ0) is 18.6. The maximum Gasteiger partial charge on any atom is 0.251 e. The van der Waals surface area contributed by atoms with Crippen LogP contribution in [0.25, 0.3) is 22.6 Å². The highest BCUT2D eigenvalue weighted by Crippen LogP contribution is 2.25. The molecule has 4 rings (SSSR count). The number of carbonyl (C=O) groups is 1. The quantitative estimate of drug-likeness (QED) is 0.539. The molecule has 0 atom stereocenters. The van der Waals surface area contributed by atoms with Crippen LogP contribution in [0.5, 0.6) is 0 Å². The van der Waals surface area contributed by atoms with Gasteiger partial charge in [-0.05, 0) is 42.1 Å². The fraction of sp³-hybridized carbons (Fsp3) is 0.190. The van der Waals surface area contributed by atoms with Crippen molar-refractivity contribution in [2.24, 2.45) is 0 Å². The SMILES string of the molecule is CCCn1c(-c2cccc(C(=O)NCc3cccs3)c2)nc2cccnc21. The summed E-state index contributed by atoms with van der Waals surface area (Å²) in [5.41, 5.74) is 3.30. The molecule has 6 heteroatoms. The second-order valence-electron chi connectivity index (χ2n) is 6.28. The number of nitrogens with one attached hydrogen (secondary N) is 1. The minimum Gasteiger partial charge on any atom is -0.347 e.